The number of pyridine rings is 1. The number of carbonyl (C=O) groups is 1. The van der Waals surface area contributed by atoms with E-state index in [1.165, 1.54) is 30.6 Å². The zero-order valence-corrected chi connectivity index (χ0v) is 13.0. The van der Waals surface area contributed by atoms with E-state index >= 15 is 0 Å². The molecule has 2 heterocycles. The predicted octanol–water partition coefficient (Wildman–Crippen LogP) is 2.89. The van der Waals surface area contributed by atoms with Gasteiger partial charge in [-0.3, -0.25) is 9.78 Å². The zero-order valence-electron chi connectivity index (χ0n) is 13.0. The number of alkyl halides is 4. The molecule has 1 aromatic carbocycles. The predicted molar refractivity (Wildman–Crippen MR) is 81.4 cm³/mol. The highest BCUT2D eigenvalue weighted by molar-refractivity contribution is 6.06. The van der Waals surface area contributed by atoms with Crippen LogP contribution in [0.3, 0.4) is 0 Å². The maximum Gasteiger partial charge on any atom is 0.352 e. The van der Waals surface area contributed by atoms with Crippen molar-refractivity contribution in [3.05, 3.63) is 58.9 Å². The molecule has 1 atom stereocenters. The monoisotopic (exact) mass is 365 g/mol. The third kappa shape index (κ3) is 2.78. The average molecular weight is 365 g/mol. The molecule has 0 fully saturated rings. The van der Waals surface area contributed by atoms with E-state index in [1.54, 1.807) is 0 Å². The van der Waals surface area contributed by atoms with Crippen LogP contribution in [0.1, 0.15) is 28.4 Å². The Morgan fingerprint density at radius 3 is 2.69 bits per heavy atom. The van der Waals surface area contributed by atoms with Crippen molar-refractivity contribution in [1.82, 2.24) is 4.98 Å². The number of aliphatic hydroxyl groups excluding tert-OH is 1. The third-order valence-corrected chi connectivity index (χ3v) is 4.02. The SMILES string of the molecule is N#Cc1cncc(CN2C(=O)C(F)(F)c3c(C(O)C(F)F)cccc32)c1. The van der Waals surface area contributed by atoms with Crippen molar-refractivity contribution in [3.63, 3.8) is 0 Å². The summed E-state index contributed by atoms with van der Waals surface area (Å²) in [4.78, 5) is 16.7. The zero-order chi connectivity index (χ0) is 19.1. The normalized spacial score (nSPS) is 16.5. The molecule has 1 aliphatic heterocycles. The number of nitriles is 1. The van der Waals surface area contributed by atoms with Crippen LogP contribution in [0.25, 0.3) is 0 Å². The van der Waals surface area contributed by atoms with E-state index in [0.717, 1.165) is 11.0 Å². The van der Waals surface area contributed by atoms with E-state index in [-0.39, 0.29) is 17.8 Å². The molecule has 0 radical (unpaired) electrons. The van der Waals surface area contributed by atoms with Crippen molar-refractivity contribution in [1.29, 1.82) is 5.26 Å². The number of aliphatic hydroxyl groups is 1. The molecule has 1 amide bonds. The molecule has 0 saturated heterocycles. The van der Waals surface area contributed by atoms with Crippen molar-refractivity contribution in [3.8, 4) is 6.07 Å². The molecule has 1 aromatic heterocycles. The van der Waals surface area contributed by atoms with Crippen LogP contribution in [-0.2, 0) is 17.3 Å². The molecule has 0 aliphatic carbocycles. The number of aromatic nitrogens is 1. The second-order valence-electron chi connectivity index (χ2n) is 5.68. The largest absolute Gasteiger partial charge is 0.382 e. The van der Waals surface area contributed by atoms with Crippen LogP contribution in [0.15, 0.2) is 36.7 Å². The number of anilines is 1. The molecule has 5 nitrogen and oxygen atoms in total. The lowest BCUT2D eigenvalue weighted by molar-refractivity contribution is -0.142. The maximum absolute atomic E-state index is 14.5. The number of halogens is 4. The quantitative estimate of drug-likeness (QED) is 0.846. The highest BCUT2D eigenvalue weighted by atomic mass is 19.3. The van der Waals surface area contributed by atoms with Crippen molar-refractivity contribution in [2.24, 2.45) is 0 Å². The molecule has 0 spiro atoms. The van der Waals surface area contributed by atoms with Crippen LogP contribution < -0.4 is 4.90 Å². The average Bonchev–Trinajstić information content (AvgIpc) is 2.82. The number of amides is 1. The van der Waals surface area contributed by atoms with Gasteiger partial charge in [0.25, 0.3) is 6.43 Å². The minimum absolute atomic E-state index is 0.183. The van der Waals surface area contributed by atoms with E-state index < -0.39 is 35.5 Å². The van der Waals surface area contributed by atoms with Gasteiger partial charge in [-0.15, -0.1) is 0 Å². The summed E-state index contributed by atoms with van der Waals surface area (Å²) in [6, 6.07) is 6.58. The Bertz CT molecular complexity index is 911. The van der Waals surface area contributed by atoms with E-state index in [9.17, 15) is 27.5 Å². The number of benzene rings is 1. The van der Waals surface area contributed by atoms with Crippen molar-refractivity contribution >= 4 is 11.6 Å². The number of rotatable bonds is 4. The second-order valence-corrected chi connectivity index (χ2v) is 5.68. The minimum Gasteiger partial charge on any atom is -0.382 e. The molecule has 0 saturated carbocycles. The second kappa shape index (κ2) is 6.38. The van der Waals surface area contributed by atoms with Crippen molar-refractivity contribution < 1.29 is 27.5 Å². The Morgan fingerprint density at radius 1 is 1.31 bits per heavy atom. The van der Waals surface area contributed by atoms with Crippen LogP contribution in [-0.4, -0.2) is 22.4 Å². The number of fused-ring (bicyclic) bond motifs is 1. The van der Waals surface area contributed by atoms with E-state index in [0.29, 0.717) is 5.56 Å². The minimum atomic E-state index is -4.05. The van der Waals surface area contributed by atoms with Crippen LogP contribution in [0.4, 0.5) is 23.2 Å². The van der Waals surface area contributed by atoms with Gasteiger partial charge in [-0.2, -0.15) is 14.0 Å². The fourth-order valence-electron chi connectivity index (χ4n) is 2.87. The van der Waals surface area contributed by atoms with Gasteiger partial charge >= 0.3 is 11.8 Å². The standard InChI is InChI=1S/C17H11F4N3O2/c18-15(19)14(25)11-2-1-3-12-13(11)17(20,21)16(26)24(12)8-10-4-9(5-22)6-23-7-10/h1-4,6-7,14-15,25H,8H2. The van der Waals surface area contributed by atoms with Crippen LogP contribution >= 0.6 is 0 Å². The molecule has 3 rings (SSSR count). The third-order valence-electron chi connectivity index (χ3n) is 4.02. The van der Waals surface area contributed by atoms with E-state index in [1.807, 2.05) is 6.07 Å². The molecule has 1 aliphatic rings. The summed E-state index contributed by atoms with van der Waals surface area (Å²) in [5.74, 6) is -5.65. The number of hydrogen-bond acceptors (Lipinski definition) is 4. The fourth-order valence-corrected chi connectivity index (χ4v) is 2.87. The van der Waals surface area contributed by atoms with Crippen molar-refractivity contribution in [2.75, 3.05) is 4.90 Å². The summed E-state index contributed by atoms with van der Waals surface area (Å²) in [7, 11) is 0. The molecule has 9 heteroatoms. The first-order chi connectivity index (χ1) is 12.3. The first-order valence-corrected chi connectivity index (χ1v) is 7.40. The van der Waals surface area contributed by atoms with Gasteiger partial charge in [0, 0.05) is 12.4 Å². The van der Waals surface area contributed by atoms with Gasteiger partial charge in [0.2, 0.25) is 0 Å². The van der Waals surface area contributed by atoms with E-state index in [4.69, 9.17) is 5.26 Å². The molecule has 2 aromatic rings. The highest BCUT2D eigenvalue weighted by Crippen LogP contribution is 2.48. The Kier molecular flexibility index (Phi) is 4.38. The summed E-state index contributed by atoms with van der Waals surface area (Å²) in [5.41, 5.74) is -1.38. The van der Waals surface area contributed by atoms with Gasteiger partial charge in [-0.25, -0.2) is 8.78 Å². The van der Waals surface area contributed by atoms with Gasteiger partial charge < -0.3 is 10.0 Å². The molecule has 1 N–H and O–H groups in total. The first kappa shape index (κ1) is 17.8. The van der Waals surface area contributed by atoms with Crippen LogP contribution in [0, 0.1) is 11.3 Å². The van der Waals surface area contributed by atoms with Gasteiger partial charge in [0.05, 0.1) is 23.4 Å². The Morgan fingerprint density at radius 2 is 2.04 bits per heavy atom. The molecule has 0 bridgehead atoms. The number of nitrogens with zero attached hydrogens (tertiary/aromatic N) is 3. The van der Waals surface area contributed by atoms with Gasteiger partial charge in [0.15, 0.2) is 0 Å². The molecule has 1 unspecified atom stereocenters. The topological polar surface area (TPSA) is 77.2 Å². The summed E-state index contributed by atoms with van der Waals surface area (Å²) in [6.07, 6.45) is -3.14. The summed E-state index contributed by atoms with van der Waals surface area (Å²) in [6.45, 7) is -0.321. The number of hydrogen-bond donors (Lipinski definition) is 1. The highest BCUT2D eigenvalue weighted by Gasteiger charge is 2.55. The summed E-state index contributed by atoms with van der Waals surface area (Å²) in [5, 5.41) is 18.4. The maximum atomic E-state index is 14.5. The van der Waals surface area contributed by atoms with Gasteiger partial charge in [-0.1, -0.05) is 12.1 Å². The molecule has 26 heavy (non-hydrogen) atoms. The summed E-state index contributed by atoms with van der Waals surface area (Å²) >= 11 is 0. The number of carbonyl (C=O) groups excluding carboxylic acids is 1. The van der Waals surface area contributed by atoms with Crippen LogP contribution in [0.2, 0.25) is 0 Å². The lowest BCUT2D eigenvalue weighted by atomic mass is 9.98. The lowest BCUT2D eigenvalue weighted by Gasteiger charge is -2.18. The molecule has 134 valence electrons. The molecular formula is C17H11F4N3O2. The molecular weight excluding hydrogens is 354 g/mol. The first-order valence-electron chi connectivity index (χ1n) is 7.40. The van der Waals surface area contributed by atoms with Crippen LogP contribution in [0.5, 0.6) is 0 Å². The van der Waals surface area contributed by atoms with Crippen molar-refractivity contribution in [2.45, 2.75) is 25.0 Å². The Labute approximate surface area is 145 Å². The lowest BCUT2D eigenvalue weighted by Crippen LogP contribution is -2.34. The van der Waals surface area contributed by atoms with E-state index in [2.05, 4.69) is 4.98 Å². The van der Waals surface area contributed by atoms with Gasteiger partial charge in [-0.05, 0) is 23.3 Å². The Balaban J connectivity index is 2.08. The smallest absolute Gasteiger partial charge is 0.352 e. The fraction of sp³-hybridized carbons (Fsp3) is 0.235. The summed E-state index contributed by atoms with van der Waals surface area (Å²) < 4.78 is 54.6. The van der Waals surface area contributed by atoms with Gasteiger partial charge in [0.1, 0.15) is 12.2 Å². The Hall–Kier alpha value is -2.99.